The highest BCUT2D eigenvalue weighted by molar-refractivity contribution is 5.82. The molecule has 1 aromatic carbocycles. The number of nitrogens with one attached hydrogen (secondary N) is 2. The van der Waals surface area contributed by atoms with E-state index in [9.17, 15) is 18.0 Å². The van der Waals surface area contributed by atoms with E-state index in [1.165, 1.54) is 44.2 Å². The lowest BCUT2D eigenvalue weighted by Crippen LogP contribution is -2.58. The second kappa shape index (κ2) is 7.18. The van der Waals surface area contributed by atoms with E-state index in [2.05, 4.69) is 10.6 Å². The Balaban J connectivity index is 1.17. The van der Waals surface area contributed by atoms with E-state index in [4.69, 9.17) is 4.74 Å². The van der Waals surface area contributed by atoms with Crippen LogP contribution in [0.25, 0.3) is 0 Å². The third-order valence-corrected chi connectivity index (χ3v) is 7.41. The normalized spacial score (nSPS) is 38.2. The summed E-state index contributed by atoms with van der Waals surface area (Å²) >= 11 is 0. The molecule has 1 aliphatic heterocycles. The summed E-state index contributed by atoms with van der Waals surface area (Å²) in [7, 11) is 0. The molecule has 5 aliphatic rings. The minimum Gasteiger partial charge on any atom is -0.489 e. The predicted molar refractivity (Wildman–Crippen MR) is 101 cm³/mol. The first-order chi connectivity index (χ1) is 13.8. The molecule has 29 heavy (non-hydrogen) atoms. The van der Waals surface area contributed by atoms with Crippen molar-refractivity contribution in [1.82, 2.24) is 10.6 Å². The Bertz CT molecular complexity index is 754. The van der Waals surface area contributed by atoms with E-state index in [1.807, 2.05) is 0 Å². The van der Waals surface area contributed by atoms with Gasteiger partial charge in [0, 0.05) is 19.0 Å². The second-order valence-corrected chi connectivity index (χ2v) is 9.43. The molecule has 1 saturated heterocycles. The smallest absolute Gasteiger partial charge is 0.416 e. The lowest BCUT2D eigenvalue weighted by atomic mass is 9.54. The molecule has 0 aromatic heterocycles. The Hall–Kier alpha value is -1.76. The maximum Gasteiger partial charge on any atom is 0.416 e. The van der Waals surface area contributed by atoms with Crippen molar-refractivity contribution in [1.29, 1.82) is 0 Å². The molecule has 4 bridgehead atoms. The lowest BCUT2D eigenvalue weighted by Gasteiger charge is -2.54. The number of halogens is 3. The van der Waals surface area contributed by atoms with Crippen molar-refractivity contribution in [2.75, 3.05) is 6.54 Å². The van der Waals surface area contributed by atoms with Crippen molar-refractivity contribution in [2.45, 2.75) is 62.9 Å². The fourth-order valence-corrected chi connectivity index (χ4v) is 6.36. The van der Waals surface area contributed by atoms with Crippen LogP contribution < -0.4 is 15.4 Å². The predicted octanol–water partition coefficient (Wildman–Crippen LogP) is 3.76. The highest BCUT2D eigenvalue weighted by Gasteiger charge is 2.49. The zero-order valence-electron chi connectivity index (χ0n) is 16.3. The van der Waals surface area contributed by atoms with Crippen LogP contribution >= 0.6 is 0 Å². The standard InChI is InChI=1S/C22H27F3N2O2/c23-22(24,25)16-2-1-3-17(9-16)29-18-10-19(26-11-18)21(28)27-20-14-5-12-4-13(7-14)8-15(20)6-12/h1-3,9,12-15,18-20,26H,4-8,10-11H2,(H,27,28)/t12?,13?,14?,15?,18-,19-,20?/m0/s1. The third-order valence-electron chi connectivity index (χ3n) is 7.41. The van der Waals surface area contributed by atoms with Gasteiger partial charge in [-0.05, 0) is 74.0 Å². The number of carbonyl (C=O) groups is 1. The van der Waals surface area contributed by atoms with Crippen molar-refractivity contribution < 1.29 is 22.7 Å². The minimum atomic E-state index is -4.39. The van der Waals surface area contributed by atoms with E-state index in [0.29, 0.717) is 30.8 Å². The number of amides is 1. The van der Waals surface area contributed by atoms with Gasteiger partial charge in [0.15, 0.2) is 0 Å². The molecule has 2 N–H and O–H groups in total. The maximum absolute atomic E-state index is 12.9. The molecule has 1 heterocycles. The van der Waals surface area contributed by atoms with Crippen LogP contribution in [0.15, 0.2) is 24.3 Å². The summed E-state index contributed by atoms with van der Waals surface area (Å²) in [6.07, 6.45) is 2.13. The summed E-state index contributed by atoms with van der Waals surface area (Å²) < 4.78 is 44.4. The van der Waals surface area contributed by atoms with Crippen LogP contribution in [0.3, 0.4) is 0 Å². The van der Waals surface area contributed by atoms with Crippen LogP contribution in [-0.2, 0) is 11.0 Å². The lowest BCUT2D eigenvalue weighted by molar-refractivity contribution is -0.137. The van der Waals surface area contributed by atoms with Gasteiger partial charge in [-0.25, -0.2) is 0 Å². The molecule has 0 unspecified atom stereocenters. The fourth-order valence-electron chi connectivity index (χ4n) is 6.36. The number of rotatable bonds is 4. The van der Waals surface area contributed by atoms with Gasteiger partial charge in [-0.3, -0.25) is 4.79 Å². The topological polar surface area (TPSA) is 50.4 Å². The van der Waals surface area contributed by atoms with Crippen LogP contribution in [0.4, 0.5) is 13.2 Å². The summed E-state index contributed by atoms with van der Waals surface area (Å²) in [5.41, 5.74) is -0.725. The highest BCUT2D eigenvalue weighted by Crippen LogP contribution is 2.53. The molecule has 2 atom stereocenters. The van der Waals surface area contributed by atoms with E-state index in [1.54, 1.807) is 0 Å². The van der Waals surface area contributed by atoms with Crippen molar-refractivity contribution >= 4 is 5.91 Å². The number of carbonyl (C=O) groups excluding carboxylic acids is 1. The maximum atomic E-state index is 12.9. The fraction of sp³-hybridized carbons (Fsp3) is 0.682. The van der Waals surface area contributed by atoms with Crippen molar-refractivity contribution in [3.8, 4) is 5.75 Å². The Morgan fingerprint density at radius 1 is 1.03 bits per heavy atom. The Labute approximate surface area is 168 Å². The zero-order chi connectivity index (χ0) is 20.2. The third kappa shape index (κ3) is 3.86. The highest BCUT2D eigenvalue weighted by atomic mass is 19.4. The van der Waals surface area contributed by atoms with Gasteiger partial charge in [-0.15, -0.1) is 0 Å². The number of benzene rings is 1. The van der Waals surface area contributed by atoms with Crippen LogP contribution in [0.2, 0.25) is 0 Å². The Morgan fingerprint density at radius 3 is 2.38 bits per heavy atom. The number of alkyl halides is 3. The molecule has 6 rings (SSSR count). The summed E-state index contributed by atoms with van der Waals surface area (Å²) in [6.45, 7) is 0.454. The molecule has 7 heteroatoms. The summed E-state index contributed by atoms with van der Waals surface area (Å²) in [5, 5.41) is 6.50. The van der Waals surface area contributed by atoms with Gasteiger partial charge in [0.1, 0.15) is 11.9 Å². The van der Waals surface area contributed by atoms with Crippen LogP contribution in [0, 0.1) is 23.7 Å². The molecule has 4 aliphatic carbocycles. The molecule has 0 spiro atoms. The first-order valence-electron chi connectivity index (χ1n) is 10.7. The molecule has 1 aromatic rings. The molecule has 0 radical (unpaired) electrons. The van der Waals surface area contributed by atoms with Crippen LogP contribution in [0.5, 0.6) is 5.75 Å². The SMILES string of the molecule is O=C(NC1C2CC3CC(C2)CC1C3)[C@@H]1C[C@H](Oc2cccc(C(F)(F)F)c2)CN1. The van der Waals surface area contributed by atoms with Gasteiger partial charge in [0.05, 0.1) is 11.6 Å². The average Bonchev–Trinajstić information content (AvgIpc) is 3.12. The first kappa shape index (κ1) is 19.2. The first-order valence-corrected chi connectivity index (χ1v) is 10.7. The Kier molecular flexibility index (Phi) is 4.76. The van der Waals surface area contributed by atoms with Gasteiger partial charge >= 0.3 is 6.18 Å². The summed E-state index contributed by atoms with van der Waals surface area (Å²) in [4.78, 5) is 12.8. The molecule has 1 amide bonds. The van der Waals surface area contributed by atoms with Crippen molar-refractivity contribution in [3.63, 3.8) is 0 Å². The second-order valence-electron chi connectivity index (χ2n) is 9.43. The largest absolute Gasteiger partial charge is 0.489 e. The molecule has 5 fully saturated rings. The van der Waals surface area contributed by atoms with E-state index in [0.717, 1.165) is 24.0 Å². The van der Waals surface area contributed by atoms with Crippen molar-refractivity contribution in [3.05, 3.63) is 29.8 Å². The molecular weight excluding hydrogens is 381 g/mol. The quantitative estimate of drug-likeness (QED) is 0.798. The van der Waals surface area contributed by atoms with Gasteiger partial charge in [0.2, 0.25) is 5.91 Å². The van der Waals surface area contributed by atoms with E-state index >= 15 is 0 Å². The summed E-state index contributed by atoms with van der Waals surface area (Å²) in [6, 6.07) is 4.86. The van der Waals surface area contributed by atoms with Crippen molar-refractivity contribution in [2.24, 2.45) is 23.7 Å². The van der Waals surface area contributed by atoms with E-state index < -0.39 is 11.7 Å². The Morgan fingerprint density at radius 2 is 1.72 bits per heavy atom. The minimum absolute atomic E-state index is 0.0117. The zero-order valence-corrected chi connectivity index (χ0v) is 16.3. The van der Waals surface area contributed by atoms with Gasteiger partial charge < -0.3 is 15.4 Å². The van der Waals surface area contributed by atoms with Gasteiger partial charge in [0.25, 0.3) is 0 Å². The van der Waals surface area contributed by atoms with Crippen LogP contribution in [-0.4, -0.2) is 30.6 Å². The number of ether oxygens (including phenoxy) is 1. The van der Waals surface area contributed by atoms with E-state index in [-0.39, 0.29) is 23.8 Å². The molecule has 4 nitrogen and oxygen atoms in total. The van der Waals surface area contributed by atoms with Gasteiger partial charge in [-0.1, -0.05) is 6.07 Å². The molecular formula is C22H27F3N2O2. The average molecular weight is 408 g/mol. The molecule has 158 valence electrons. The summed E-state index contributed by atoms with van der Waals surface area (Å²) in [5.74, 6) is 3.16. The number of hydrogen-bond acceptors (Lipinski definition) is 3. The van der Waals surface area contributed by atoms with Crippen LogP contribution in [0.1, 0.15) is 44.1 Å². The van der Waals surface area contributed by atoms with Gasteiger partial charge in [-0.2, -0.15) is 13.2 Å². The molecule has 4 saturated carbocycles. The number of hydrogen-bond donors (Lipinski definition) is 2. The monoisotopic (exact) mass is 408 g/mol.